The Bertz CT molecular complexity index is 1070. The maximum atomic E-state index is 6.30. The van der Waals surface area contributed by atoms with Crippen LogP contribution in [0.5, 0.6) is 0 Å². The highest BCUT2D eigenvalue weighted by Gasteiger charge is 2.30. The van der Waals surface area contributed by atoms with Gasteiger partial charge in [0.15, 0.2) is 0 Å². The summed E-state index contributed by atoms with van der Waals surface area (Å²) < 4.78 is 2.31. The Morgan fingerprint density at radius 3 is 2.50 bits per heavy atom. The van der Waals surface area contributed by atoms with Gasteiger partial charge in [-0.2, -0.15) is 0 Å². The minimum atomic E-state index is 0.183. The van der Waals surface area contributed by atoms with E-state index < -0.39 is 0 Å². The first-order valence-corrected chi connectivity index (χ1v) is 9.21. The van der Waals surface area contributed by atoms with Gasteiger partial charge in [-0.3, -0.25) is 0 Å². The van der Waals surface area contributed by atoms with E-state index in [0.29, 0.717) is 0 Å². The van der Waals surface area contributed by atoms with Crippen LogP contribution < -0.4 is 5.32 Å². The molecule has 1 aliphatic rings. The van der Waals surface area contributed by atoms with Crippen LogP contribution >= 0.6 is 11.6 Å². The molecule has 1 aromatic heterocycles. The van der Waals surface area contributed by atoms with E-state index in [1.54, 1.807) is 0 Å². The van der Waals surface area contributed by atoms with Crippen LogP contribution in [0.15, 0.2) is 78.9 Å². The number of para-hydroxylation sites is 2. The Kier molecular flexibility index (Phi) is 3.68. The lowest BCUT2D eigenvalue weighted by atomic mass is 9.93. The first-order chi connectivity index (χ1) is 12.8. The molecule has 1 aliphatic heterocycles. The Morgan fingerprint density at radius 1 is 0.885 bits per heavy atom. The molecule has 0 aliphatic carbocycles. The summed E-state index contributed by atoms with van der Waals surface area (Å²) in [5.41, 5.74) is 4.64. The second-order valence-corrected chi connectivity index (χ2v) is 7.14. The predicted octanol–water partition coefficient (Wildman–Crippen LogP) is 5.84. The van der Waals surface area contributed by atoms with Crippen LogP contribution in [0.4, 0.5) is 5.95 Å². The van der Waals surface area contributed by atoms with Crippen molar-refractivity contribution in [3.05, 3.63) is 95.0 Å². The number of hydrogen-bond acceptors (Lipinski definition) is 2. The van der Waals surface area contributed by atoms with Crippen molar-refractivity contribution in [1.82, 2.24) is 9.55 Å². The maximum Gasteiger partial charge on any atom is 0.204 e. The molecule has 1 N–H and O–H groups in total. The number of hydrogen-bond donors (Lipinski definition) is 1. The topological polar surface area (TPSA) is 29.9 Å². The van der Waals surface area contributed by atoms with Gasteiger partial charge in [0.25, 0.3) is 0 Å². The van der Waals surface area contributed by atoms with Crippen LogP contribution in [0.25, 0.3) is 11.0 Å². The van der Waals surface area contributed by atoms with E-state index in [4.69, 9.17) is 16.6 Å². The molecule has 4 heteroatoms. The molecule has 2 atom stereocenters. The van der Waals surface area contributed by atoms with Gasteiger partial charge in [0.1, 0.15) is 0 Å². The zero-order valence-corrected chi connectivity index (χ0v) is 14.9. The maximum absolute atomic E-state index is 6.30. The van der Waals surface area contributed by atoms with Gasteiger partial charge in [-0.15, -0.1) is 0 Å². The molecule has 26 heavy (non-hydrogen) atoms. The molecule has 0 amide bonds. The van der Waals surface area contributed by atoms with Crippen LogP contribution in [0.3, 0.4) is 0 Å². The molecule has 2 heterocycles. The smallest absolute Gasteiger partial charge is 0.204 e. The summed E-state index contributed by atoms with van der Waals surface area (Å²) in [6.07, 6.45) is 0.942. The van der Waals surface area contributed by atoms with Crippen LogP contribution in [-0.4, -0.2) is 9.55 Å². The molecule has 0 spiro atoms. The van der Waals surface area contributed by atoms with Gasteiger partial charge in [-0.05, 0) is 41.8 Å². The summed E-state index contributed by atoms with van der Waals surface area (Å²) in [5, 5.41) is 4.40. The van der Waals surface area contributed by atoms with Crippen molar-refractivity contribution in [2.75, 3.05) is 5.32 Å². The number of fused-ring (bicyclic) bond motifs is 3. The molecule has 0 fully saturated rings. The summed E-state index contributed by atoms with van der Waals surface area (Å²) >= 11 is 6.30. The highest BCUT2D eigenvalue weighted by atomic mass is 35.5. The van der Waals surface area contributed by atoms with Crippen molar-refractivity contribution in [2.24, 2.45) is 0 Å². The van der Waals surface area contributed by atoms with E-state index in [2.05, 4.69) is 70.5 Å². The molecule has 3 nitrogen and oxygen atoms in total. The van der Waals surface area contributed by atoms with Gasteiger partial charge < -0.3 is 9.88 Å². The summed E-state index contributed by atoms with van der Waals surface area (Å²) in [7, 11) is 0. The average Bonchev–Trinajstić information content (AvgIpc) is 3.06. The van der Waals surface area contributed by atoms with Gasteiger partial charge in [0.2, 0.25) is 5.95 Å². The first kappa shape index (κ1) is 15.5. The summed E-state index contributed by atoms with van der Waals surface area (Å²) in [4.78, 5) is 4.85. The molecule has 0 bridgehead atoms. The second-order valence-electron chi connectivity index (χ2n) is 6.71. The Labute approximate surface area is 157 Å². The Balaban J connectivity index is 1.69. The quantitative estimate of drug-likeness (QED) is 0.487. The van der Waals surface area contributed by atoms with E-state index in [1.165, 1.54) is 11.1 Å². The number of aromatic nitrogens is 2. The monoisotopic (exact) mass is 359 g/mol. The number of imidazole rings is 1. The van der Waals surface area contributed by atoms with Crippen molar-refractivity contribution in [1.29, 1.82) is 0 Å². The molecule has 128 valence electrons. The molecule has 3 aromatic carbocycles. The van der Waals surface area contributed by atoms with Crippen LogP contribution in [0.1, 0.15) is 29.6 Å². The molecule has 0 saturated heterocycles. The largest absolute Gasteiger partial charge is 0.349 e. The normalized spacial score (nSPS) is 19.1. The summed E-state index contributed by atoms with van der Waals surface area (Å²) in [6.45, 7) is 0. The molecule has 0 radical (unpaired) electrons. The summed E-state index contributed by atoms with van der Waals surface area (Å²) in [6, 6.07) is 27.4. The second kappa shape index (κ2) is 6.19. The minimum absolute atomic E-state index is 0.183. The molecule has 0 saturated carbocycles. The van der Waals surface area contributed by atoms with Gasteiger partial charge in [-0.25, -0.2) is 4.98 Å². The third-order valence-electron chi connectivity index (χ3n) is 5.11. The Hall–Kier alpha value is -2.78. The SMILES string of the molecule is Clc1cccc([C@H]2C[C@H](c3ccccc3)Nc3nc4ccccc4n32)c1. The molecule has 4 aromatic rings. The fourth-order valence-electron chi connectivity index (χ4n) is 3.91. The predicted molar refractivity (Wildman–Crippen MR) is 107 cm³/mol. The number of halogens is 1. The third-order valence-corrected chi connectivity index (χ3v) is 5.34. The average molecular weight is 360 g/mol. The molecule has 5 rings (SSSR count). The minimum Gasteiger partial charge on any atom is -0.349 e. The highest BCUT2D eigenvalue weighted by Crippen LogP contribution is 2.41. The molecular formula is C22H18ClN3. The van der Waals surface area contributed by atoms with Gasteiger partial charge >= 0.3 is 0 Å². The van der Waals surface area contributed by atoms with Crippen molar-refractivity contribution in [3.63, 3.8) is 0 Å². The van der Waals surface area contributed by atoms with Crippen LogP contribution in [0, 0.1) is 0 Å². The number of nitrogens with zero attached hydrogens (tertiary/aromatic N) is 2. The van der Waals surface area contributed by atoms with E-state index >= 15 is 0 Å². The fraction of sp³-hybridized carbons (Fsp3) is 0.136. The number of nitrogens with one attached hydrogen (secondary N) is 1. The van der Waals surface area contributed by atoms with E-state index in [9.17, 15) is 0 Å². The highest BCUT2D eigenvalue weighted by molar-refractivity contribution is 6.30. The fourth-order valence-corrected chi connectivity index (χ4v) is 4.11. The van der Waals surface area contributed by atoms with Crippen LogP contribution in [0.2, 0.25) is 5.02 Å². The number of rotatable bonds is 2. The summed E-state index contributed by atoms with van der Waals surface area (Å²) in [5.74, 6) is 0.913. The lowest BCUT2D eigenvalue weighted by Crippen LogP contribution is -2.27. The zero-order valence-electron chi connectivity index (χ0n) is 14.1. The third kappa shape index (κ3) is 2.56. The lowest BCUT2D eigenvalue weighted by molar-refractivity contribution is 0.477. The number of benzene rings is 3. The van der Waals surface area contributed by atoms with Crippen LogP contribution in [-0.2, 0) is 0 Å². The van der Waals surface area contributed by atoms with Gasteiger partial charge in [0, 0.05) is 5.02 Å². The zero-order chi connectivity index (χ0) is 17.5. The van der Waals surface area contributed by atoms with Crippen molar-refractivity contribution >= 4 is 28.6 Å². The first-order valence-electron chi connectivity index (χ1n) is 8.83. The van der Waals surface area contributed by atoms with Crippen molar-refractivity contribution in [3.8, 4) is 0 Å². The van der Waals surface area contributed by atoms with Crippen molar-refractivity contribution in [2.45, 2.75) is 18.5 Å². The van der Waals surface area contributed by atoms with Gasteiger partial charge in [0.05, 0.1) is 23.1 Å². The standard InChI is InChI=1S/C22H18ClN3/c23-17-10-6-9-16(13-17)21-14-19(15-7-2-1-3-8-15)25-22-24-18-11-4-5-12-20(18)26(21)22/h1-13,19,21H,14H2,(H,24,25)/t19-,21-/m1/s1. The van der Waals surface area contributed by atoms with E-state index in [0.717, 1.165) is 28.4 Å². The van der Waals surface area contributed by atoms with Crippen molar-refractivity contribution < 1.29 is 0 Å². The van der Waals surface area contributed by atoms with Gasteiger partial charge in [-0.1, -0.05) is 66.2 Å². The lowest BCUT2D eigenvalue weighted by Gasteiger charge is -2.33. The molecule has 0 unspecified atom stereocenters. The molecular weight excluding hydrogens is 342 g/mol. The Morgan fingerprint density at radius 2 is 1.65 bits per heavy atom. The number of anilines is 1. The van der Waals surface area contributed by atoms with E-state index in [-0.39, 0.29) is 12.1 Å². The van der Waals surface area contributed by atoms with E-state index in [1.807, 2.05) is 18.2 Å².